The molecule has 1 atom stereocenters. The average molecular weight is 333 g/mol. The molecule has 2 N–H and O–H groups in total. The monoisotopic (exact) mass is 333 g/mol. The third kappa shape index (κ3) is 4.45. The summed E-state index contributed by atoms with van der Waals surface area (Å²) in [6, 6.07) is 7.46. The number of nitrogens with one attached hydrogen (secondary N) is 2. The van der Waals surface area contributed by atoms with Crippen LogP contribution in [0.15, 0.2) is 35.8 Å². The molecule has 6 heteroatoms. The Balaban J connectivity index is 2.03. The van der Waals surface area contributed by atoms with Crippen molar-refractivity contribution in [2.45, 2.75) is 38.8 Å². The summed E-state index contributed by atoms with van der Waals surface area (Å²) in [4.78, 5) is 16.9. The molecule has 0 saturated carbocycles. The van der Waals surface area contributed by atoms with Crippen molar-refractivity contribution in [3.05, 3.63) is 40.8 Å². The maximum atomic E-state index is 12.6. The third-order valence-electron chi connectivity index (χ3n) is 3.58. The summed E-state index contributed by atoms with van der Waals surface area (Å²) in [5.41, 5.74) is 0.132. The van der Waals surface area contributed by atoms with Crippen LogP contribution in [0.3, 0.4) is 0 Å². The zero-order valence-corrected chi connectivity index (χ0v) is 14.7. The van der Waals surface area contributed by atoms with Crippen LogP contribution in [0.4, 0.5) is 5.69 Å². The van der Waals surface area contributed by atoms with Gasteiger partial charge in [0.1, 0.15) is 16.3 Å². The number of methoxy groups -OCH3 is 1. The molecule has 0 radical (unpaired) electrons. The fraction of sp³-hybridized carbons (Fsp3) is 0.412. The highest BCUT2D eigenvalue weighted by Gasteiger charge is 2.29. The lowest BCUT2D eigenvalue weighted by Gasteiger charge is -2.28. The zero-order valence-electron chi connectivity index (χ0n) is 13.9. The number of hydrogen-bond donors (Lipinski definition) is 2. The molecule has 0 aliphatic heterocycles. The quantitative estimate of drug-likeness (QED) is 0.812. The first-order valence-electron chi connectivity index (χ1n) is 7.59. The highest BCUT2D eigenvalue weighted by molar-refractivity contribution is 7.09. The summed E-state index contributed by atoms with van der Waals surface area (Å²) in [5, 5.41) is 9.19. The van der Waals surface area contributed by atoms with E-state index in [1.165, 1.54) is 0 Å². The predicted molar refractivity (Wildman–Crippen MR) is 94.0 cm³/mol. The van der Waals surface area contributed by atoms with Gasteiger partial charge in [0, 0.05) is 17.3 Å². The van der Waals surface area contributed by atoms with Crippen LogP contribution in [0.1, 0.15) is 38.2 Å². The first kappa shape index (κ1) is 17.3. The van der Waals surface area contributed by atoms with E-state index >= 15 is 0 Å². The number of hydrogen-bond acceptors (Lipinski definition) is 5. The number of nitrogens with zero attached hydrogens (tertiary/aromatic N) is 1. The molecule has 23 heavy (non-hydrogen) atoms. The fourth-order valence-electron chi connectivity index (χ4n) is 2.18. The van der Waals surface area contributed by atoms with Crippen molar-refractivity contribution in [2.24, 2.45) is 0 Å². The van der Waals surface area contributed by atoms with Gasteiger partial charge in [0.05, 0.1) is 13.2 Å². The van der Waals surface area contributed by atoms with Crippen LogP contribution < -0.4 is 15.4 Å². The molecule has 124 valence electrons. The van der Waals surface area contributed by atoms with Crippen LogP contribution in [0.5, 0.6) is 5.75 Å². The van der Waals surface area contributed by atoms with Crippen LogP contribution >= 0.6 is 11.3 Å². The molecule has 5 nitrogen and oxygen atoms in total. The lowest BCUT2D eigenvalue weighted by molar-refractivity contribution is -0.125. The molecular formula is C17H23N3O2S. The molecule has 1 aromatic carbocycles. The van der Waals surface area contributed by atoms with E-state index in [-0.39, 0.29) is 11.9 Å². The molecule has 0 bridgehead atoms. The van der Waals surface area contributed by atoms with Crippen molar-refractivity contribution in [3.63, 3.8) is 0 Å². The predicted octanol–water partition coefficient (Wildman–Crippen LogP) is 3.61. The number of rotatable bonds is 7. The summed E-state index contributed by atoms with van der Waals surface area (Å²) in [5.74, 6) is 0.725. The van der Waals surface area contributed by atoms with Gasteiger partial charge in [-0.3, -0.25) is 4.79 Å². The minimum atomic E-state index is -0.737. The lowest BCUT2D eigenvalue weighted by Crippen LogP contribution is -2.48. The van der Waals surface area contributed by atoms with E-state index in [0.29, 0.717) is 0 Å². The van der Waals surface area contributed by atoms with Crippen LogP contribution in [-0.2, 0) is 4.79 Å². The van der Waals surface area contributed by atoms with Gasteiger partial charge in [0.2, 0.25) is 5.91 Å². The minimum absolute atomic E-state index is 0.0561. The van der Waals surface area contributed by atoms with Crippen molar-refractivity contribution < 1.29 is 9.53 Å². The topological polar surface area (TPSA) is 63.2 Å². The van der Waals surface area contributed by atoms with E-state index in [1.807, 2.05) is 50.4 Å². The Morgan fingerprint density at radius 2 is 2.04 bits per heavy atom. The first-order chi connectivity index (χ1) is 11.0. The van der Waals surface area contributed by atoms with Crippen molar-refractivity contribution in [1.82, 2.24) is 10.3 Å². The van der Waals surface area contributed by atoms with Gasteiger partial charge >= 0.3 is 0 Å². The second-order valence-corrected chi connectivity index (χ2v) is 6.71. The lowest BCUT2D eigenvalue weighted by atomic mass is 10.0. The molecule has 1 aromatic heterocycles. The van der Waals surface area contributed by atoms with Crippen LogP contribution in [-0.4, -0.2) is 23.5 Å². The molecule has 0 spiro atoms. The molecular weight excluding hydrogens is 310 g/mol. The third-order valence-corrected chi connectivity index (χ3v) is 4.47. The number of anilines is 1. The summed E-state index contributed by atoms with van der Waals surface area (Å²) < 4.78 is 5.14. The Morgan fingerprint density at radius 1 is 1.35 bits per heavy atom. The Kier molecular flexibility index (Phi) is 5.60. The van der Waals surface area contributed by atoms with E-state index in [4.69, 9.17) is 4.74 Å². The fourth-order valence-corrected chi connectivity index (χ4v) is 2.95. The van der Waals surface area contributed by atoms with Gasteiger partial charge in [-0.2, -0.15) is 0 Å². The number of amides is 1. The first-order valence-corrected chi connectivity index (χ1v) is 8.47. The Labute approximate surface area is 141 Å². The molecule has 2 aromatic rings. The summed E-state index contributed by atoms with van der Waals surface area (Å²) in [7, 11) is 1.63. The molecule has 0 aliphatic carbocycles. The molecule has 2 rings (SSSR count). The second-order valence-electron chi connectivity index (χ2n) is 5.78. The SMILES string of the molecule is CCC(NC(=O)C(C)(C)Nc1ccc(OC)cc1)c1nccs1. The van der Waals surface area contributed by atoms with Gasteiger partial charge in [0.25, 0.3) is 0 Å². The number of ether oxygens (including phenoxy) is 1. The molecule has 1 heterocycles. The molecule has 1 amide bonds. The van der Waals surface area contributed by atoms with E-state index in [1.54, 1.807) is 24.6 Å². The largest absolute Gasteiger partial charge is 0.497 e. The van der Waals surface area contributed by atoms with Gasteiger partial charge in [-0.05, 0) is 44.5 Å². The Hall–Kier alpha value is -2.08. The van der Waals surface area contributed by atoms with E-state index < -0.39 is 5.54 Å². The second kappa shape index (κ2) is 7.46. The summed E-state index contributed by atoms with van der Waals surface area (Å²) >= 11 is 1.56. The molecule has 0 fully saturated rings. The van der Waals surface area contributed by atoms with E-state index in [9.17, 15) is 4.79 Å². The van der Waals surface area contributed by atoms with Crippen LogP contribution in [0.2, 0.25) is 0 Å². The number of carbonyl (C=O) groups excluding carboxylic acids is 1. The Morgan fingerprint density at radius 3 is 2.57 bits per heavy atom. The standard InChI is InChI=1S/C17H23N3O2S/c1-5-14(15-18-10-11-23-15)19-16(21)17(2,3)20-12-6-8-13(22-4)9-7-12/h6-11,14,20H,5H2,1-4H3,(H,19,21). The maximum absolute atomic E-state index is 12.6. The van der Waals surface area contributed by atoms with E-state index in [0.717, 1.165) is 22.9 Å². The van der Waals surface area contributed by atoms with Crippen LogP contribution in [0.25, 0.3) is 0 Å². The molecule has 0 aliphatic rings. The molecule has 1 unspecified atom stereocenters. The van der Waals surface area contributed by atoms with Crippen molar-refractivity contribution in [3.8, 4) is 5.75 Å². The van der Waals surface area contributed by atoms with E-state index in [2.05, 4.69) is 15.6 Å². The maximum Gasteiger partial charge on any atom is 0.245 e. The zero-order chi connectivity index (χ0) is 16.9. The smallest absolute Gasteiger partial charge is 0.245 e. The highest BCUT2D eigenvalue weighted by atomic mass is 32.1. The minimum Gasteiger partial charge on any atom is -0.497 e. The highest BCUT2D eigenvalue weighted by Crippen LogP contribution is 2.22. The van der Waals surface area contributed by atoms with Gasteiger partial charge in [-0.25, -0.2) is 4.98 Å². The van der Waals surface area contributed by atoms with Crippen molar-refractivity contribution in [1.29, 1.82) is 0 Å². The van der Waals surface area contributed by atoms with Gasteiger partial charge in [-0.1, -0.05) is 6.92 Å². The number of aromatic nitrogens is 1. The van der Waals surface area contributed by atoms with Crippen molar-refractivity contribution >= 4 is 22.9 Å². The number of benzene rings is 1. The van der Waals surface area contributed by atoms with Gasteiger partial charge in [-0.15, -0.1) is 11.3 Å². The number of thiazole rings is 1. The van der Waals surface area contributed by atoms with Crippen molar-refractivity contribution in [2.75, 3.05) is 12.4 Å². The average Bonchev–Trinajstić information content (AvgIpc) is 3.07. The van der Waals surface area contributed by atoms with Gasteiger partial charge in [0.15, 0.2) is 0 Å². The Bertz CT molecular complexity index is 624. The molecule has 0 saturated heterocycles. The van der Waals surface area contributed by atoms with Gasteiger partial charge < -0.3 is 15.4 Å². The summed E-state index contributed by atoms with van der Waals surface area (Å²) in [6.45, 7) is 5.76. The van der Waals surface area contributed by atoms with Crippen LogP contribution in [0, 0.1) is 0 Å². The summed E-state index contributed by atoms with van der Waals surface area (Å²) in [6.07, 6.45) is 2.56. The normalized spacial score (nSPS) is 12.5. The number of carbonyl (C=O) groups is 1.